The first-order valence-electron chi connectivity index (χ1n) is 9.43. The highest BCUT2D eigenvalue weighted by atomic mass is 35.5. The summed E-state index contributed by atoms with van der Waals surface area (Å²) in [6, 6.07) is 18.8. The second-order valence-electron chi connectivity index (χ2n) is 7.01. The van der Waals surface area contributed by atoms with Crippen LogP contribution in [0.2, 0.25) is 5.02 Å². The van der Waals surface area contributed by atoms with Crippen LogP contribution in [-0.2, 0) is 21.2 Å². The Morgan fingerprint density at radius 2 is 1.81 bits per heavy atom. The minimum Gasteiger partial charge on any atom is -0.326 e. The van der Waals surface area contributed by atoms with Gasteiger partial charge in [0.15, 0.2) is 0 Å². The van der Waals surface area contributed by atoms with Crippen molar-refractivity contribution in [1.29, 1.82) is 0 Å². The molecular formula is C22H19ClN4O3S. The van der Waals surface area contributed by atoms with Gasteiger partial charge in [0.25, 0.3) is 10.0 Å². The molecule has 0 aliphatic heterocycles. The molecule has 1 amide bonds. The van der Waals surface area contributed by atoms with Gasteiger partial charge >= 0.3 is 0 Å². The molecule has 0 aliphatic rings. The average molecular weight is 455 g/mol. The maximum Gasteiger partial charge on any atom is 0.262 e. The van der Waals surface area contributed by atoms with Gasteiger partial charge in [-0.1, -0.05) is 48.0 Å². The van der Waals surface area contributed by atoms with Gasteiger partial charge in [-0.25, -0.2) is 8.42 Å². The summed E-state index contributed by atoms with van der Waals surface area (Å²) in [6.45, 7) is 1.68. The molecule has 31 heavy (non-hydrogen) atoms. The van der Waals surface area contributed by atoms with Crippen LogP contribution in [0.3, 0.4) is 0 Å². The number of hydrogen-bond acceptors (Lipinski definition) is 4. The minimum absolute atomic E-state index is 0.0530. The lowest BCUT2D eigenvalue weighted by Gasteiger charge is -2.13. The van der Waals surface area contributed by atoms with Gasteiger partial charge in [0.2, 0.25) is 5.91 Å². The van der Waals surface area contributed by atoms with Crippen LogP contribution in [0.25, 0.3) is 10.9 Å². The zero-order valence-electron chi connectivity index (χ0n) is 16.5. The van der Waals surface area contributed by atoms with Gasteiger partial charge in [-0.05, 0) is 42.8 Å². The van der Waals surface area contributed by atoms with Crippen molar-refractivity contribution in [3.63, 3.8) is 0 Å². The summed E-state index contributed by atoms with van der Waals surface area (Å²) in [6.07, 6.45) is 0.0777. The van der Waals surface area contributed by atoms with E-state index in [9.17, 15) is 13.2 Å². The number of carbonyl (C=O) groups excluding carboxylic acids is 1. The fraction of sp³-hybridized carbons (Fsp3) is 0.0909. The van der Waals surface area contributed by atoms with Crippen molar-refractivity contribution in [2.24, 2.45) is 0 Å². The molecule has 3 N–H and O–H groups in total. The molecule has 0 unspecified atom stereocenters. The quantitative estimate of drug-likeness (QED) is 0.398. The average Bonchev–Trinajstić information content (AvgIpc) is 3.14. The van der Waals surface area contributed by atoms with Gasteiger partial charge < -0.3 is 5.32 Å². The number of halogens is 1. The lowest BCUT2D eigenvalue weighted by atomic mass is 10.1. The number of rotatable bonds is 6. The van der Waals surface area contributed by atoms with Crippen LogP contribution in [0.15, 0.2) is 71.6 Å². The number of amides is 1. The van der Waals surface area contributed by atoms with E-state index in [1.165, 1.54) is 6.07 Å². The third-order valence-electron chi connectivity index (χ3n) is 4.76. The molecule has 7 nitrogen and oxygen atoms in total. The van der Waals surface area contributed by atoms with E-state index >= 15 is 0 Å². The van der Waals surface area contributed by atoms with Crippen LogP contribution >= 0.6 is 11.6 Å². The molecule has 0 saturated heterocycles. The van der Waals surface area contributed by atoms with Crippen molar-refractivity contribution >= 4 is 49.8 Å². The summed E-state index contributed by atoms with van der Waals surface area (Å²) in [4.78, 5) is 12.6. The number of carbonyl (C=O) groups is 1. The Morgan fingerprint density at radius 1 is 1.06 bits per heavy atom. The van der Waals surface area contributed by atoms with Crippen molar-refractivity contribution in [2.75, 3.05) is 10.0 Å². The molecule has 0 spiro atoms. The largest absolute Gasteiger partial charge is 0.326 e. The van der Waals surface area contributed by atoms with E-state index in [1.807, 2.05) is 24.3 Å². The van der Waals surface area contributed by atoms with Gasteiger partial charge in [0.1, 0.15) is 0 Å². The molecular weight excluding hydrogens is 436 g/mol. The summed E-state index contributed by atoms with van der Waals surface area (Å²) < 4.78 is 28.3. The second kappa shape index (κ2) is 8.41. The standard InChI is InChI=1S/C22H19ClN4O3S/c1-14-10-11-15(12-21(14)31(29,30)27-19-9-5-3-7-17(19)23)24-22(28)13-20-16-6-2-4-8-18(16)25-26-20/h2-12,27H,13H2,1H3,(H,24,28)(H,25,26). The number of aromatic amines is 1. The van der Waals surface area contributed by atoms with E-state index in [-0.39, 0.29) is 22.9 Å². The lowest BCUT2D eigenvalue weighted by molar-refractivity contribution is -0.115. The number of hydrogen-bond donors (Lipinski definition) is 3. The van der Waals surface area contributed by atoms with E-state index in [0.29, 0.717) is 22.0 Å². The summed E-state index contributed by atoms with van der Waals surface area (Å²) in [5, 5.41) is 11.0. The van der Waals surface area contributed by atoms with Crippen LogP contribution in [0.4, 0.5) is 11.4 Å². The molecule has 0 aliphatic carbocycles. The number of anilines is 2. The number of aromatic nitrogens is 2. The van der Waals surface area contributed by atoms with Gasteiger partial charge in [-0.15, -0.1) is 0 Å². The number of aryl methyl sites for hydroxylation is 1. The molecule has 0 bridgehead atoms. The summed E-state index contributed by atoms with van der Waals surface area (Å²) in [7, 11) is -3.91. The van der Waals surface area contributed by atoms with Gasteiger partial charge in [0, 0.05) is 11.1 Å². The minimum atomic E-state index is -3.91. The maximum atomic E-state index is 12.9. The zero-order valence-corrected chi connectivity index (χ0v) is 18.1. The fourth-order valence-electron chi connectivity index (χ4n) is 3.23. The Morgan fingerprint density at radius 3 is 2.61 bits per heavy atom. The first kappa shape index (κ1) is 20.9. The molecule has 0 atom stereocenters. The maximum absolute atomic E-state index is 12.9. The first-order chi connectivity index (χ1) is 14.8. The third kappa shape index (κ3) is 4.55. The molecule has 0 radical (unpaired) electrons. The van der Waals surface area contributed by atoms with Gasteiger partial charge in [-0.2, -0.15) is 5.10 Å². The number of H-pyrrole nitrogens is 1. The highest BCUT2D eigenvalue weighted by molar-refractivity contribution is 7.92. The Hall–Kier alpha value is -3.36. The van der Waals surface area contributed by atoms with E-state index in [0.717, 1.165) is 10.9 Å². The van der Waals surface area contributed by atoms with Crippen molar-refractivity contribution < 1.29 is 13.2 Å². The van der Waals surface area contributed by atoms with Crippen molar-refractivity contribution in [3.05, 3.63) is 83.0 Å². The van der Waals surface area contributed by atoms with Crippen molar-refractivity contribution in [1.82, 2.24) is 10.2 Å². The van der Waals surface area contributed by atoms with Gasteiger partial charge in [-0.3, -0.25) is 14.6 Å². The molecule has 9 heteroatoms. The second-order valence-corrected chi connectivity index (χ2v) is 9.07. The Bertz CT molecular complexity index is 1380. The number of fused-ring (bicyclic) bond motifs is 1. The highest BCUT2D eigenvalue weighted by Crippen LogP contribution is 2.27. The summed E-state index contributed by atoms with van der Waals surface area (Å²) in [5.74, 6) is -0.291. The fourth-order valence-corrected chi connectivity index (χ4v) is 4.82. The predicted molar refractivity (Wildman–Crippen MR) is 122 cm³/mol. The molecule has 0 fully saturated rings. The van der Waals surface area contributed by atoms with Crippen LogP contribution in [0.1, 0.15) is 11.3 Å². The van der Waals surface area contributed by atoms with Crippen LogP contribution in [-0.4, -0.2) is 24.5 Å². The van der Waals surface area contributed by atoms with Crippen LogP contribution in [0.5, 0.6) is 0 Å². The molecule has 4 aromatic rings. The predicted octanol–water partition coefficient (Wildman–Crippen LogP) is 4.51. The third-order valence-corrected chi connectivity index (χ3v) is 6.59. The molecule has 3 aromatic carbocycles. The number of benzene rings is 3. The Balaban J connectivity index is 1.54. The lowest BCUT2D eigenvalue weighted by Crippen LogP contribution is -2.17. The van der Waals surface area contributed by atoms with E-state index < -0.39 is 10.0 Å². The zero-order chi connectivity index (χ0) is 22.0. The molecule has 0 saturated carbocycles. The molecule has 1 heterocycles. The molecule has 158 valence electrons. The van der Waals surface area contributed by atoms with Crippen LogP contribution < -0.4 is 10.0 Å². The molecule has 4 rings (SSSR count). The van der Waals surface area contributed by atoms with Gasteiger partial charge in [0.05, 0.1) is 33.2 Å². The smallest absolute Gasteiger partial charge is 0.262 e. The summed E-state index contributed by atoms with van der Waals surface area (Å²) in [5.41, 5.74) is 2.66. The SMILES string of the molecule is Cc1ccc(NC(=O)Cc2[nH]nc3ccccc23)cc1S(=O)(=O)Nc1ccccc1Cl. The monoisotopic (exact) mass is 454 g/mol. The van der Waals surface area contributed by atoms with Crippen molar-refractivity contribution in [2.45, 2.75) is 18.2 Å². The summed E-state index contributed by atoms with van der Waals surface area (Å²) >= 11 is 6.07. The Labute approximate surface area is 184 Å². The number of nitrogens with zero attached hydrogens (tertiary/aromatic N) is 1. The number of sulfonamides is 1. The highest BCUT2D eigenvalue weighted by Gasteiger charge is 2.19. The van der Waals surface area contributed by atoms with E-state index in [4.69, 9.17) is 11.6 Å². The topological polar surface area (TPSA) is 104 Å². The van der Waals surface area contributed by atoms with E-state index in [2.05, 4.69) is 20.2 Å². The normalized spacial score (nSPS) is 11.4. The number of nitrogens with one attached hydrogen (secondary N) is 3. The number of para-hydroxylation sites is 2. The van der Waals surface area contributed by atoms with Crippen molar-refractivity contribution in [3.8, 4) is 0 Å². The van der Waals surface area contributed by atoms with E-state index in [1.54, 1.807) is 43.3 Å². The Kier molecular flexibility index (Phi) is 5.67. The first-order valence-corrected chi connectivity index (χ1v) is 11.3. The van der Waals surface area contributed by atoms with Crippen LogP contribution in [0, 0.1) is 6.92 Å². The molecule has 1 aromatic heterocycles.